The fourth-order valence-corrected chi connectivity index (χ4v) is 5.59. The smallest absolute Gasteiger partial charge is 0.224 e. The molecule has 1 aliphatic heterocycles. The molecule has 0 spiro atoms. The monoisotopic (exact) mass is 398 g/mol. The molecule has 1 aromatic carbocycles. The molecule has 0 bridgehead atoms. The Hall–Kier alpha value is -1.11. The lowest BCUT2D eigenvalue weighted by molar-refractivity contribution is -0.127. The predicted molar refractivity (Wildman–Crippen MR) is 103 cm³/mol. The van der Waals surface area contributed by atoms with Crippen LogP contribution < -0.4 is 5.32 Å². The van der Waals surface area contributed by atoms with E-state index in [1.54, 1.807) is 24.3 Å². The summed E-state index contributed by atoms with van der Waals surface area (Å²) in [6.07, 6.45) is 7.13. The van der Waals surface area contributed by atoms with Gasteiger partial charge in [-0.2, -0.15) is 0 Å². The Morgan fingerprint density at radius 2 is 1.77 bits per heavy atom. The molecule has 0 unspecified atom stereocenters. The fraction of sp³-hybridized carbons (Fsp3) is 0.632. The van der Waals surface area contributed by atoms with Crippen LogP contribution in [0.1, 0.15) is 50.5 Å². The largest absolute Gasteiger partial charge is 0.353 e. The highest BCUT2D eigenvalue weighted by molar-refractivity contribution is 7.88. The minimum atomic E-state index is -3.44. The number of hydrogen-bond acceptors (Lipinski definition) is 3. The van der Waals surface area contributed by atoms with Crippen LogP contribution >= 0.6 is 11.6 Å². The molecule has 1 aliphatic carbocycles. The van der Waals surface area contributed by atoms with Gasteiger partial charge in [-0.1, -0.05) is 43.0 Å². The average molecular weight is 399 g/mol. The van der Waals surface area contributed by atoms with Crippen LogP contribution in [0.25, 0.3) is 0 Å². The van der Waals surface area contributed by atoms with Crippen molar-refractivity contribution in [3.8, 4) is 0 Å². The van der Waals surface area contributed by atoms with Crippen LogP contribution in [0.2, 0.25) is 5.02 Å². The van der Waals surface area contributed by atoms with Crippen molar-refractivity contribution >= 4 is 27.5 Å². The fourth-order valence-electron chi connectivity index (χ4n) is 3.86. The predicted octanol–water partition coefficient (Wildman–Crippen LogP) is 3.33. The van der Waals surface area contributed by atoms with E-state index >= 15 is 0 Å². The zero-order valence-corrected chi connectivity index (χ0v) is 16.6. The van der Waals surface area contributed by atoms with Gasteiger partial charge < -0.3 is 5.32 Å². The number of carbonyl (C=O) groups excluding carboxylic acids is 1. The normalized spacial score (nSPS) is 22.9. The van der Waals surface area contributed by atoms with Crippen LogP contribution in [0.5, 0.6) is 0 Å². The second-order valence-corrected chi connectivity index (χ2v) is 9.83. The Labute approximate surface area is 161 Å². The van der Waals surface area contributed by atoms with Gasteiger partial charge in [0.15, 0.2) is 0 Å². The first-order valence-corrected chi connectivity index (χ1v) is 11.5. The van der Waals surface area contributed by atoms with Crippen LogP contribution in [-0.4, -0.2) is 37.8 Å². The summed E-state index contributed by atoms with van der Waals surface area (Å²) in [5, 5.41) is 3.73. The molecule has 144 valence electrons. The summed E-state index contributed by atoms with van der Waals surface area (Å²) >= 11 is 5.86. The van der Waals surface area contributed by atoms with Gasteiger partial charge in [-0.15, -0.1) is 0 Å². The van der Waals surface area contributed by atoms with Gasteiger partial charge in [0.1, 0.15) is 0 Å². The van der Waals surface area contributed by atoms with Gasteiger partial charge in [0.25, 0.3) is 0 Å². The number of amides is 1. The number of rotatable bonds is 5. The van der Waals surface area contributed by atoms with Crippen molar-refractivity contribution in [2.24, 2.45) is 5.92 Å². The molecule has 1 saturated heterocycles. The Kier molecular flexibility index (Phi) is 6.59. The number of sulfonamides is 1. The second kappa shape index (κ2) is 8.72. The topological polar surface area (TPSA) is 66.5 Å². The number of carbonyl (C=O) groups is 1. The zero-order valence-electron chi connectivity index (χ0n) is 15.0. The summed E-state index contributed by atoms with van der Waals surface area (Å²) < 4.78 is 27.0. The Balaban J connectivity index is 1.59. The first kappa shape index (κ1) is 19.6. The molecule has 1 saturated carbocycles. The summed E-state index contributed by atoms with van der Waals surface area (Å²) in [6, 6.07) is 7.12. The quantitative estimate of drug-likeness (QED) is 0.827. The van der Waals surface area contributed by atoms with E-state index in [1.807, 2.05) is 0 Å². The van der Waals surface area contributed by atoms with Crippen molar-refractivity contribution in [2.45, 2.75) is 56.7 Å². The van der Waals surface area contributed by atoms with Gasteiger partial charge in [0.2, 0.25) is 15.9 Å². The maximum absolute atomic E-state index is 12.8. The molecule has 1 heterocycles. The summed E-state index contributed by atoms with van der Waals surface area (Å²) in [5.74, 6) is -0.282. The molecular formula is C19H27ClN2O3S. The van der Waals surface area contributed by atoms with Crippen molar-refractivity contribution in [3.63, 3.8) is 0 Å². The minimum absolute atomic E-state index is 0.0169. The van der Waals surface area contributed by atoms with E-state index in [1.165, 1.54) is 10.7 Å². The van der Waals surface area contributed by atoms with Crippen LogP contribution in [0, 0.1) is 5.92 Å². The van der Waals surface area contributed by atoms with Gasteiger partial charge in [-0.05, 0) is 43.4 Å². The molecule has 0 aromatic heterocycles. The molecule has 2 aliphatic rings. The van der Waals surface area contributed by atoms with Crippen molar-refractivity contribution < 1.29 is 13.2 Å². The van der Waals surface area contributed by atoms with E-state index in [9.17, 15) is 13.2 Å². The van der Waals surface area contributed by atoms with Gasteiger partial charge in [0, 0.05) is 24.2 Å². The van der Waals surface area contributed by atoms with Crippen molar-refractivity contribution in [1.29, 1.82) is 0 Å². The van der Waals surface area contributed by atoms with Crippen LogP contribution in [-0.2, 0) is 20.6 Å². The van der Waals surface area contributed by atoms with Gasteiger partial charge in [-0.3, -0.25) is 4.79 Å². The highest BCUT2D eigenvalue weighted by Gasteiger charge is 2.33. The van der Waals surface area contributed by atoms with Crippen LogP contribution in [0.15, 0.2) is 24.3 Å². The third-order valence-corrected chi connectivity index (χ3v) is 7.43. The number of nitrogens with one attached hydrogen (secondary N) is 1. The number of benzene rings is 1. The molecule has 26 heavy (non-hydrogen) atoms. The zero-order chi connectivity index (χ0) is 18.6. The summed E-state index contributed by atoms with van der Waals surface area (Å²) in [5.41, 5.74) is 0.711. The van der Waals surface area contributed by atoms with E-state index in [2.05, 4.69) is 5.32 Å². The lowest BCUT2D eigenvalue weighted by Crippen LogP contribution is -2.48. The summed E-state index contributed by atoms with van der Waals surface area (Å²) in [6.45, 7) is 0.775. The van der Waals surface area contributed by atoms with E-state index < -0.39 is 10.0 Å². The van der Waals surface area contributed by atoms with Crippen molar-refractivity contribution in [3.05, 3.63) is 34.9 Å². The summed E-state index contributed by atoms with van der Waals surface area (Å²) in [7, 11) is -3.44. The number of halogens is 1. The van der Waals surface area contributed by atoms with E-state index in [0.29, 0.717) is 17.1 Å². The maximum Gasteiger partial charge on any atom is 0.224 e. The Bertz CT molecular complexity index is 715. The standard InChI is InChI=1S/C19H27ClN2O3S/c20-17-10-8-15(9-11-17)14-26(24,25)22-12-4-5-16(13-22)19(23)21-18-6-2-1-3-7-18/h8-11,16,18H,1-7,12-14H2,(H,21,23)/t16-/m1/s1. The van der Waals surface area contributed by atoms with Crippen molar-refractivity contribution in [2.75, 3.05) is 13.1 Å². The lowest BCUT2D eigenvalue weighted by Gasteiger charge is -2.32. The molecule has 1 atom stereocenters. The molecule has 1 aromatic rings. The number of nitrogens with zero attached hydrogens (tertiary/aromatic N) is 1. The van der Waals surface area contributed by atoms with Gasteiger partial charge in [-0.25, -0.2) is 12.7 Å². The summed E-state index contributed by atoms with van der Waals surface area (Å²) in [4.78, 5) is 12.6. The molecule has 1 N–H and O–H groups in total. The molecular weight excluding hydrogens is 372 g/mol. The average Bonchev–Trinajstić information content (AvgIpc) is 2.64. The highest BCUT2D eigenvalue weighted by atomic mass is 35.5. The lowest BCUT2D eigenvalue weighted by atomic mass is 9.93. The third kappa shape index (κ3) is 5.21. The van der Waals surface area contributed by atoms with Gasteiger partial charge >= 0.3 is 0 Å². The first-order chi connectivity index (χ1) is 12.4. The van der Waals surface area contributed by atoms with E-state index in [4.69, 9.17) is 11.6 Å². The second-order valence-electron chi connectivity index (χ2n) is 7.42. The van der Waals surface area contributed by atoms with Crippen LogP contribution in [0.3, 0.4) is 0 Å². The molecule has 1 amide bonds. The van der Waals surface area contributed by atoms with E-state index in [-0.39, 0.29) is 30.2 Å². The first-order valence-electron chi connectivity index (χ1n) is 9.47. The Morgan fingerprint density at radius 3 is 2.46 bits per heavy atom. The molecule has 2 fully saturated rings. The molecule has 5 nitrogen and oxygen atoms in total. The Morgan fingerprint density at radius 1 is 1.08 bits per heavy atom. The SMILES string of the molecule is O=C(NC1CCCCC1)[C@@H]1CCCN(S(=O)(=O)Cc2ccc(Cl)cc2)C1. The number of hydrogen-bond donors (Lipinski definition) is 1. The minimum Gasteiger partial charge on any atom is -0.353 e. The number of piperidine rings is 1. The third-order valence-electron chi connectivity index (χ3n) is 5.36. The van der Waals surface area contributed by atoms with Crippen LogP contribution in [0.4, 0.5) is 0 Å². The molecule has 7 heteroatoms. The van der Waals surface area contributed by atoms with Gasteiger partial charge in [0.05, 0.1) is 11.7 Å². The molecule has 3 rings (SSSR count). The van der Waals surface area contributed by atoms with Crippen molar-refractivity contribution in [1.82, 2.24) is 9.62 Å². The van der Waals surface area contributed by atoms with E-state index in [0.717, 1.165) is 38.5 Å². The molecule has 0 radical (unpaired) electrons. The maximum atomic E-state index is 12.8. The highest BCUT2D eigenvalue weighted by Crippen LogP contribution is 2.24.